The third-order valence-corrected chi connectivity index (χ3v) is 3.40. The maximum absolute atomic E-state index is 9.52. The van der Waals surface area contributed by atoms with E-state index in [1.54, 1.807) is 0 Å². The molecule has 0 aliphatic carbocycles. The molecule has 70 valence electrons. The molecule has 0 aliphatic rings. The molecule has 3 heteroatoms. The summed E-state index contributed by atoms with van der Waals surface area (Å²) in [5.74, 6) is 0. The van der Waals surface area contributed by atoms with Crippen LogP contribution in [-0.2, 0) is 0 Å². The lowest BCUT2D eigenvalue weighted by Crippen LogP contribution is -2.25. The first-order chi connectivity index (χ1) is 5.45. The van der Waals surface area contributed by atoms with Crippen molar-refractivity contribution in [1.82, 2.24) is 0 Å². The molecule has 0 fully saturated rings. The Balaban J connectivity index is 3.81. The van der Waals surface area contributed by atoms with Crippen molar-refractivity contribution < 1.29 is 5.11 Å². The number of allylic oxidation sites excluding steroid dienone is 2. The second-order valence-electron chi connectivity index (χ2n) is 4.04. The molecule has 1 atom stereocenters. The van der Waals surface area contributed by atoms with Crippen LogP contribution >= 0.6 is 22.6 Å². The van der Waals surface area contributed by atoms with Crippen molar-refractivity contribution in [2.24, 2.45) is 0 Å². The van der Waals surface area contributed by atoms with Crippen molar-refractivity contribution in [1.29, 1.82) is 0 Å². The maximum atomic E-state index is 9.52. The van der Waals surface area contributed by atoms with Gasteiger partial charge in [-0.15, -0.1) is 0 Å². The van der Waals surface area contributed by atoms with Gasteiger partial charge in [0.1, 0.15) is 0 Å². The smallest absolute Gasteiger partial charge is 0.0700 e. The van der Waals surface area contributed by atoms with E-state index in [-0.39, 0.29) is 6.10 Å². The molecule has 0 amide bonds. The monoisotopic (exact) mass is 296 g/mol. The van der Waals surface area contributed by atoms with Gasteiger partial charge >= 0.3 is 0 Å². The molecule has 0 rings (SSSR count). The van der Waals surface area contributed by atoms with Gasteiger partial charge in [-0.2, -0.15) is 0 Å². The molecule has 0 aromatic rings. The van der Waals surface area contributed by atoms with E-state index >= 15 is 0 Å². The second kappa shape index (κ2) is 5.94. The second-order valence-corrected chi connectivity index (χ2v) is 10.3. The molecule has 0 unspecified atom stereocenters. The van der Waals surface area contributed by atoms with Crippen molar-refractivity contribution in [2.75, 3.05) is 0 Å². The summed E-state index contributed by atoms with van der Waals surface area (Å²) in [7, 11) is -1.11. The van der Waals surface area contributed by atoms with Gasteiger partial charge in [-0.3, -0.25) is 0 Å². The molecule has 1 N–H and O–H groups in total. The van der Waals surface area contributed by atoms with Crippen molar-refractivity contribution >= 4 is 30.7 Å². The van der Waals surface area contributed by atoms with E-state index < -0.39 is 8.07 Å². The van der Waals surface area contributed by atoms with Crippen molar-refractivity contribution in [3.05, 3.63) is 22.3 Å². The van der Waals surface area contributed by atoms with Gasteiger partial charge in [0.2, 0.25) is 0 Å². The Bertz CT molecular complexity index is 170. The van der Waals surface area contributed by atoms with Crippen LogP contribution < -0.4 is 0 Å². The summed E-state index contributed by atoms with van der Waals surface area (Å²) in [6.07, 6.45) is 5.42. The Hall–Kier alpha value is 0.387. The fourth-order valence-electron chi connectivity index (χ4n) is 0.930. The number of rotatable bonds is 4. The molecule has 0 bridgehead atoms. The molecular formula is C9H17IOSi. The standard InChI is InChI=1S/C9H17IOSi/c1-12(2,3)8-9(11)6-4-5-7-10/h4-7,9,11H,8H2,1-3H3/b6-4+,7-5+/t9-/m0/s1. The maximum Gasteiger partial charge on any atom is 0.0700 e. The van der Waals surface area contributed by atoms with E-state index in [2.05, 4.69) is 42.2 Å². The molecule has 0 spiro atoms. The summed E-state index contributed by atoms with van der Waals surface area (Å²) < 4.78 is 1.93. The summed E-state index contributed by atoms with van der Waals surface area (Å²) >= 11 is 2.16. The molecule has 0 heterocycles. The van der Waals surface area contributed by atoms with Gasteiger partial charge in [-0.1, -0.05) is 60.5 Å². The van der Waals surface area contributed by atoms with E-state index in [0.717, 1.165) is 6.04 Å². The molecule has 0 saturated heterocycles. The largest absolute Gasteiger partial charge is 0.389 e. The Morgan fingerprint density at radius 2 is 1.92 bits per heavy atom. The number of aliphatic hydroxyl groups excluding tert-OH is 1. The minimum Gasteiger partial charge on any atom is -0.389 e. The third-order valence-electron chi connectivity index (χ3n) is 1.34. The third kappa shape index (κ3) is 8.48. The Morgan fingerprint density at radius 3 is 2.33 bits per heavy atom. The number of aliphatic hydroxyl groups is 1. The molecule has 0 radical (unpaired) electrons. The topological polar surface area (TPSA) is 20.2 Å². The van der Waals surface area contributed by atoms with Crippen LogP contribution in [0.5, 0.6) is 0 Å². The summed E-state index contributed by atoms with van der Waals surface area (Å²) in [6, 6.07) is 0.943. The zero-order valence-electron chi connectivity index (χ0n) is 7.92. The van der Waals surface area contributed by atoms with Crippen LogP contribution in [0, 0.1) is 0 Å². The fraction of sp³-hybridized carbons (Fsp3) is 0.556. The zero-order valence-corrected chi connectivity index (χ0v) is 11.1. The van der Waals surface area contributed by atoms with Gasteiger partial charge < -0.3 is 5.11 Å². The number of halogens is 1. The molecular weight excluding hydrogens is 279 g/mol. The van der Waals surface area contributed by atoms with E-state index in [9.17, 15) is 5.11 Å². The zero-order chi connectivity index (χ0) is 9.61. The van der Waals surface area contributed by atoms with E-state index in [0.29, 0.717) is 0 Å². The van der Waals surface area contributed by atoms with Gasteiger partial charge in [0.15, 0.2) is 0 Å². The average molecular weight is 296 g/mol. The Labute approximate surface area is 89.7 Å². The molecule has 0 aromatic heterocycles. The lowest BCUT2D eigenvalue weighted by atomic mass is 10.3. The Kier molecular flexibility index (Phi) is 6.13. The van der Waals surface area contributed by atoms with Crippen LogP contribution in [0.4, 0.5) is 0 Å². The quantitative estimate of drug-likeness (QED) is 0.480. The molecule has 1 nitrogen and oxygen atoms in total. The van der Waals surface area contributed by atoms with Gasteiger partial charge in [0.25, 0.3) is 0 Å². The first-order valence-electron chi connectivity index (χ1n) is 4.07. The molecule has 12 heavy (non-hydrogen) atoms. The van der Waals surface area contributed by atoms with Crippen molar-refractivity contribution in [3.63, 3.8) is 0 Å². The van der Waals surface area contributed by atoms with Gasteiger partial charge in [0, 0.05) is 8.07 Å². The normalized spacial score (nSPS) is 16.1. The van der Waals surface area contributed by atoms with E-state index in [1.165, 1.54) is 0 Å². The summed E-state index contributed by atoms with van der Waals surface area (Å²) in [5, 5.41) is 9.52. The highest BCUT2D eigenvalue weighted by molar-refractivity contribution is 14.1. The highest BCUT2D eigenvalue weighted by Crippen LogP contribution is 2.12. The minimum absolute atomic E-state index is 0.260. The highest BCUT2D eigenvalue weighted by Gasteiger charge is 2.16. The van der Waals surface area contributed by atoms with Gasteiger partial charge in [-0.05, 0) is 10.1 Å². The van der Waals surface area contributed by atoms with Gasteiger partial charge in [-0.25, -0.2) is 0 Å². The summed E-state index contributed by atoms with van der Waals surface area (Å²) in [4.78, 5) is 0. The van der Waals surface area contributed by atoms with Crippen LogP contribution in [-0.4, -0.2) is 19.3 Å². The molecule has 0 saturated carbocycles. The summed E-state index contributed by atoms with van der Waals surface area (Å²) in [5.41, 5.74) is 0. The number of hydrogen-bond donors (Lipinski definition) is 1. The predicted molar refractivity (Wildman–Crippen MR) is 66.5 cm³/mol. The van der Waals surface area contributed by atoms with Crippen LogP contribution in [0.25, 0.3) is 0 Å². The van der Waals surface area contributed by atoms with Crippen molar-refractivity contribution in [3.8, 4) is 0 Å². The molecule has 0 aromatic carbocycles. The predicted octanol–water partition coefficient (Wildman–Crippen LogP) is 3.19. The van der Waals surface area contributed by atoms with Crippen LogP contribution in [0.1, 0.15) is 0 Å². The molecule has 0 aliphatic heterocycles. The van der Waals surface area contributed by atoms with Crippen LogP contribution in [0.15, 0.2) is 22.3 Å². The number of hydrogen-bond acceptors (Lipinski definition) is 1. The van der Waals surface area contributed by atoms with Crippen LogP contribution in [0.2, 0.25) is 25.7 Å². The first-order valence-corrected chi connectivity index (χ1v) is 9.02. The lowest BCUT2D eigenvalue weighted by molar-refractivity contribution is 0.242. The highest BCUT2D eigenvalue weighted by atomic mass is 127. The van der Waals surface area contributed by atoms with E-state index in [1.807, 2.05) is 22.3 Å². The SMILES string of the molecule is C[Si](C)(C)C[C@@H](O)/C=C/C=C/I. The van der Waals surface area contributed by atoms with Gasteiger partial charge in [0.05, 0.1) is 6.10 Å². The Morgan fingerprint density at radius 1 is 1.33 bits per heavy atom. The minimum atomic E-state index is -1.11. The van der Waals surface area contributed by atoms with Crippen LogP contribution in [0.3, 0.4) is 0 Å². The van der Waals surface area contributed by atoms with E-state index in [4.69, 9.17) is 0 Å². The lowest BCUT2D eigenvalue weighted by Gasteiger charge is -2.17. The summed E-state index contributed by atoms with van der Waals surface area (Å²) in [6.45, 7) is 6.79. The fourth-order valence-corrected chi connectivity index (χ4v) is 2.56. The first kappa shape index (κ1) is 12.4. The van der Waals surface area contributed by atoms with Crippen molar-refractivity contribution in [2.45, 2.75) is 31.8 Å². The average Bonchev–Trinajstić information content (AvgIpc) is 1.84.